The molecule has 4 aromatic rings. The lowest BCUT2D eigenvalue weighted by atomic mass is 10.2. The second-order valence-corrected chi connectivity index (χ2v) is 7.76. The summed E-state index contributed by atoms with van der Waals surface area (Å²) in [6, 6.07) is 21.4. The van der Waals surface area contributed by atoms with Crippen LogP contribution in [0.5, 0.6) is 0 Å². The van der Waals surface area contributed by atoms with Crippen LogP contribution in [-0.2, 0) is 12.3 Å². The van der Waals surface area contributed by atoms with Crippen LogP contribution in [0.3, 0.4) is 0 Å². The van der Waals surface area contributed by atoms with E-state index in [1.54, 1.807) is 48.7 Å². The lowest BCUT2D eigenvalue weighted by Gasteiger charge is -2.10. The van der Waals surface area contributed by atoms with Crippen molar-refractivity contribution in [2.24, 2.45) is 0 Å². The Balaban J connectivity index is 1.34. The summed E-state index contributed by atoms with van der Waals surface area (Å²) in [5.74, 6) is 1.39. The lowest BCUT2D eigenvalue weighted by molar-refractivity contribution is 0.102. The van der Waals surface area contributed by atoms with Crippen molar-refractivity contribution in [1.82, 2.24) is 15.0 Å². The van der Waals surface area contributed by atoms with Crippen LogP contribution in [0.2, 0.25) is 0 Å². The van der Waals surface area contributed by atoms with Gasteiger partial charge < -0.3 is 10.6 Å². The fourth-order valence-electron chi connectivity index (χ4n) is 2.89. The number of aromatic nitrogens is 3. The summed E-state index contributed by atoms with van der Waals surface area (Å²) < 4.78 is 0. The Morgan fingerprint density at radius 3 is 2.52 bits per heavy atom. The van der Waals surface area contributed by atoms with Crippen molar-refractivity contribution in [2.75, 3.05) is 10.6 Å². The minimum Gasteiger partial charge on any atom is -0.365 e. The molecule has 0 atom stereocenters. The number of nitrogens with one attached hydrogen (secondary N) is 2. The third-order valence-electron chi connectivity index (χ3n) is 4.44. The van der Waals surface area contributed by atoms with Gasteiger partial charge in [-0.15, -0.1) is 11.8 Å². The van der Waals surface area contributed by atoms with Crippen molar-refractivity contribution in [1.29, 1.82) is 0 Å². The number of hydrogen-bond donors (Lipinski definition) is 2. The Morgan fingerprint density at radius 2 is 1.68 bits per heavy atom. The van der Waals surface area contributed by atoms with E-state index in [0.717, 1.165) is 22.0 Å². The Hall–Kier alpha value is -3.71. The number of benzene rings is 2. The predicted molar refractivity (Wildman–Crippen MR) is 124 cm³/mol. The molecule has 1 amide bonds. The molecular formula is C24H21N5OS. The highest BCUT2D eigenvalue weighted by Crippen LogP contribution is 2.21. The highest BCUT2D eigenvalue weighted by Gasteiger charge is 2.06. The molecule has 0 bridgehead atoms. The van der Waals surface area contributed by atoms with Crippen LogP contribution in [0.15, 0.2) is 96.5 Å². The van der Waals surface area contributed by atoms with E-state index in [-0.39, 0.29) is 5.91 Å². The van der Waals surface area contributed by atoms with Crippen molar-refractivity contribution in [2.45, 2.75) is 17.3 Å². The number of carbonyl (C=O) groups excluding carboxylic acids is 1. The van der Waals surface area contributed by atoms with E-state index in [1.807, 2.05) is 42.5 Å². The summed E-state index contributed by atoms with van der Waals surface area (Å²) in [5, 5.41) is 7.08. The summed E-state index contributed by atoms with van der Waals surface area (Å²) in [6.07, 6.45) is 6.68. The minimum absolute atomic E-state index is 0.165. The molecule has 2 heterocycles. The van der Waals surface area contributed by atoms with Crippen molar-refractivity contribution < 1.29 is 4.79 Å². The maximum atomic E-state index is 12.3. The molecule has 0 saturated carbocycles. The van der Waals surface area contributed by atoms with E-state index in [1.165, 1.54) is 5.56 Å². The molecule has 0 unspecified atom stereocenters. The van der Waals surface area contributed by atoms with Gasteiger partial charge in [-0.05, 0) is 35.4 Å². The Kier molecular flexibility index (Phi) is 6.87. The summed E-state index contributed by atoms with van der Waals surface area (Å²) in [6.45, 7) is 0.570. The zero-order chi connectivity index (χ0) is 21.3. The fraction of sp³-hybridized carbons (Fsp3) is 0.0833. The second-order valence-electron chi connectivity index (χ2n) is 6.76. The molecule has 7 heteroatoms. The van der Waals surface area contributed by atoms with Gasteiger partial charge in [0, 0.05) is 35.9 Å². The Bertz CT molecular complexity index is 1140. The number of anilines is 2. The molecule has 0 aliphatic heterocycles. The molecule has 31 heavy (non-hydrogen) atoms. The fourth-order valence-corrected chi connectivity index (χ4v) is 3.70. The van der Waals surface area contributed by atoms with E-state index < -0.39 is 0 Å². The van der Waals surface area contributed by atoms with Crippen LogP contribution in [0.1, 0.15) is 21.5 Å². The molecule has 0 saturated heterocycles. The number of carbonyl (C=O) groups is 1. The number of thioether (sulfide) groups is 1. The zero-order valence-corrected chi connectivity index (χ0v) is 17.5. The number of amides is 1. The molecule has 0 aliphatic rings. The number of rotatable bonds is 8. The van der Waals surface area contributed by atoms with Gasteiger partial charge in [-0.25, -0.2) is 4.98 Å². The second kappa shape index (κ2) is 10.4. The van der Waals surface area contributed by atoms with E-state index in [4.69, 9.17) is 0 Å². The van der Waals surface area contributed by atoms with Crippen LogP contribution in [0, 0.1) is 0 Å². The molecule has 0 spiro atoms. The van der Waals surface area contributed by atoms with Gasteiger partial charge in [0.05, 0.1) is 12.4 Å². The molecule has 2 N–H and O–H groups in total. The maximum Gasteiger partial charge on any atom is 0.255 e. The first-order valence-electron chi connectivity index (χ1n) is 9.79. The molecule has 2 aromatic carbocycles. The van der Waals surface area contributed by atoms with Crippen LogP contribution >= 0.6 is 11.8 Å². The summed E-state index contributed by atoms with van der Waals surface area (Å²) in [4.78, 5) is 25.2. The highest BCUT2D eigenvalue weighted by atomic mass is 32.2. The van der Waals surface area contributed by atoms with Crippen molar-refractivity contribution in [3.05, 3.63) is 108 Å². The largest absolute Gasteiger partial charge is 0.365 e. The van der Waals surface area contributed by atoms with Crippen LogP contribution in [0.25, 0.3) is 0 Å². The molecular weight excluding hydrogens is 406 g/mol. The standard InChI is InChI=1S/C24H21N5OS/c30-24(20-9-11-25-12-10-20)28-21-8-4-7-19(13-21)14-27-22-15-26-16-23(29-22)31-17-18-5-2-1-3-6-18/h1-13,15-16H,14,17H2,(H,27,29)(H,28,30). The molecule has 0 aliphatic carbocycles. The lowest BCUT2D eigenvalue weighted by Crippen LogP contribution is -2.12. The monoisotopic (exact) mass is 427 g/mol. The van der Waals surface area contributed by atoms with E-state index in [0.29, 0.717) is 17.9 Å². The van der Waals surface area contributed by atoms with E-state index in [9.17, 15) is 4.79 Å². The van der Waals surface area contributed by atoms with Crippen molar-refractivity contribution in [3.63, 3.8) is 0 Å². The summed E-state index contributed by atoms with van der Waals surface area (Å²) in [5.41, 5.74) is 3.58. The van der Waals surface area contributed by atoms with Gasteiger partial charge >= 0.3 is 0 Å². The third-order valence-corrected chi connectivity index (χ3v) is 5.41. The summed E-state index contributed by atoms with van der Waals surface area (Å²) >= 11 is 1.65. The first-order valence-corrected chi connectivity index (χ1v) is 10.8. The Morgan fingerprint density at radius 1 is 0.871 bits per heavy atom. The predicted octanol–water partition coefficient (Wildman–Crippen LogP) is 5.03. The van der Waals surface area contributed by atoms with Gasteiger partial charge in [0.2, 0.25) is 0 Å². The van der Waals surface area contributed by atoms with Gasteiger partial charge in [-0.2, -0.15) is 0 Å². The van der Waals surface area contributed by atoms with Crippen LogP contribution in [-0.4, -0.2) is 20.9 Å². The zero-order valence-electron chi connectivity index (χ0n) is 16.7. The van der Waals surface area contributed by atoms with Gasteiger partial charge in [-0.3, -0.25) is 14.8 Å². The Labute approximate surface area is 185 Å². The maximum absolute atomic E-state index is 12.3. The van der Waals surface area contributed by atoms with Gasteiger partial charge in [0.25, 0.3) is 5.91 Å². The third kappa shape index (κ3) is 6.13. The van der Waals surface area contributed by atoms with Crippen LogP contribution in [0.4, 0.5) is 11.5 Å². The minimum atomic E-state index is -0.165. The average Bonchev–Trinajstić information content (AvgIpc) is 2.83. The van der Waals surface area contributed by atoms with E-state index >= 15 is 0 Å². The van der Waals surface area contributed by atoms with Crippen LogP contribution < -0.4 is 10.6 Å². The van der Waals surface area contributed by atoms with Crippen molar-refractivity contribution >= 4 is 29.2 Å². The first-order chi connectivity index (χ1) is 15.3. The first kappa shape index (κ1) is 20.6. The van der Waals surface area contributed by atoms with Crippen molar-refractivity contribution in [3.8, 4) is 0 Å². The molecule has 4 rings (SSSR count). The normalized spacial score (nSPS) is 10.5. The molecule has 6 nitrogen and oxygen atoms in total. The van der Waals surface area contributed by atoms with Gasteiger partial charge in [0.15, 0.2) is 0 Å². The topological polar surface area (TPSA) is 79.8 Å². The number of pyridine rings is 1. The highest BCUT2D eigenvalue weighted by molar-refractivity contribution is 7.98. The smallest absolute Gasteiger partial charge is 0.255 e. The summed E-state index contributed by atoms with van der Waals surface area (Å²) in [7, 11) is 0. The molecule has 0 radical (unpaired) electrons. The van der Waals surface area contributed by atoms with E-state index in [2.05, 4.69) is 37.7 Å². The van der Waals surface area contributed by atoms with Gasteiger partial charge in [-0.1, -0.05) is 42.5 Å². The number of hydrogen-bond acceptors (Lipinski definition) is 6. The SMILES string of the molecule is O=C(Nc1cccc(CNc2cncc(SCc3ccccc3)n2)c1)c1ccncc1. The van der Waals surface area contributed by atoms with Gasteiger partial charge in [0.1, 0.15) is 10.8 Å². The quantitative estimate of drug-likeness (QED) is 0.384. The molecule has 2 aromatic heterocycles. The molecule has 0 fully saturated rings. The average molecular weight is 428 g/mol. The number of nitrogens with zero attached hydrogens (tertiary/aromatic N) is 3. The molecule has 154 valence electrons.